The summed E-state index contributed by atoms with van der Waals surface area (Å²) in [6.07, 6.45) is 0. The highest BCUT2D eigenvalue weighted by Crippen LogP contribution is 2.23. The smallest absolute Gasteiger partial charge is 0.240 e. The van der Waals surface area contributed by atoms with Crippen molar-refractivity contribution in [1.82, 2.24) is 4.72 Å². The van der Waals surface area contributed by atoms with Crippen LogP contribution < -0.4 is 10.0 Å². The van der Waals surface area contributed by atoms with Crippen LogP contribution in [0.15, 0.2) is 51.8 Å². The summed E-state index contributed by atoms with van der Waals surface area (Å²) in [5, 5.41) is 12.9. The Bertz CT molecular complexity index is 748. The Labute approximate surface area is 132 Å². The maximum atomic E-state index is 11.7. The maximum Gasteiger partial charge on any atom is 0.240 e. The van der Waals surface area contributed by atoms with Gasteiger partial charge in [0.25, 0.3) is 0 Å². The predicted octanol–water partition coefficient (Wildman–Crippen LogP) is 2.67. The summed E-state index contributed by atoms with van der Waals surface area (Å²) in [5.41, 5.74) is 1.37. The van der Waals surface area contributed by atoms with Crippen LogP contribution in [0.3, 0.4) is 0 Å². The molecule has 0 aromatic heterocycles. The van der Waals surface area contributed by atoms with E-state index < -0.39 is 10.0 Å². The Morgan fingerprint density at radius 3 is 2.67 bits per heavy atom. The van der Waals surface area contributed by atoms with Gasteiger partial charge in [-0.3, -0.25) is 0 Å². The molecule has 0 heterocycles. The second kappa shape index (κ2) is 6.46. The first-order valence-electron chi connectivity index (χ1n) is 6.17. The Kier molecular flexibility index (Phi) is 4.87. The highest BCUT2D eigenvalue weighted by molar-refractivity contribution is 9.10. The van der Waals surface area contributed by atoms with Crippen molar-refractivity contribution in [3.63, 3.8) is 0 Å². The second-order valence-corrected chi connectivity index (χ2v) is 7.16. The zero-order chi connectivity index (χ0) is 15.5. The molecule has 0 aliphatic heterocycles. The lowest BCUT2D eigenvalue weighted by Crippen LogP contribution is -2.18. The van der Waals surface area contributed by atoms with Gasteiger partial charge in [0.15, 0.2) is 0 Å². The van der Waals surface area contributed by atoms with E-state index in [1.165, 1.54) is 13.1 Å². The van der Waals surface area contributed by atoms with Crippen LogP contribution in [-0.4, -0.2) is 20.6 Å². The van der Waals surface area contributed by atoms with E-state index in [9.17, 15) is 13.5 Å². The van der Waals surface area contributed by atoms with Gasteiger partial charge in [0.2, 0.25) is 10.0 Å². The number of aromatic hydroxyl groups is 1. The van der Waals surface area contributed by atoms with E-state index in [0.29, 0.717) is 17.8 Å². The first-order valence-corrected chi connectivity index (χ1v) is 8.45. The molecule has 0 saturated heterocycles. The van der Waals surface area contributed by atoms with Crippen molar-refractivity contribution in [2.45, 2.75) is 11.4 Å². The van der Waals surface area contributed by atoms with Crippen LogP contribution in [0.5, 0.6) is 5.75 Å². The quantitative estimate of drug-likeness (QED) is 0.755. The van der Waals surface area contributed by atoms with E-state index in [1.807, 2.05) is 0 Å². The van der Waals surface area contributed by atoms with Crippen molar-refractivity contribution in [1.29, 1.82) is 0 Å². The van der Waals surface area contributed by atoms with Gasteiger partial charge in [-0.2, -0.15) is 0 Å². The Morgan fingerprint density at radius 2 is 1.95 bits per heavy atom. The minimum absolute atomic E-state index is 0.185. The number of hydrogen-bond acceptors (Lipinski definition) is 4. The van der Waals surface area contributed by atoms with E-state index in [4.69, 9.17) is 0 Å². The van der Waals surface area contributed by atoms with Crippen LogP contribution in [0, 0.1) is 0 Å². The minimum atomic E-state index is -3.47. The van der Waals surface area contributed by atoms with Crippen LogP contribution in [-0.2, 0) is 16.6 Å². The summed E-state index contributed by atoms with van der Waals surface area (Å²) < 4.78 is 26.6. The molecule has 0 amide bonds. The number of anilines is 1. The van der Waals surface area contributed by atoms with Crippen LogP contribution in [0.25, 0.3) is 0 Å². The Balaban J connectivity index is 2.18. The summed E-state index contributed by atoms with van der Waals surface area (Å²) in [4.78, 5) is 0.188. The fourth-order valence-electron chi connectivity index (χ4n) is 1.78. The lowest BCUT2D eigenvalue weighted by molar-refractivity contribution is 0.469. The largest absolute Gasteiger partial charge is 0.508 e. The van der Waals surface area contributed by atoms with Crippen LogP contribution in [0.1, 0.15) is 5.56 Å². The number of nitrogens with one attached hydrogen (secondary N) is 2. The molecule has 0 spiro atoms. The van der Waals surface area contributed by atoms with Gasteiger partial charge in [0, 0.05) is 22.3 Å². The number of phenols is 1. The van der Waals surface area contributed by atoms with E-state index >= 15 is 0 Å². The summed E-state index contributed by atoms with van der Waals surface area (Å²) in [7, 11) is -2.10. The van der Waals surface area contributed by atoms with Crippen molar-refractivity contribution in [3.05, 3.63) is 52.5 Å². The molecule has 0 aliphatic rings. The third kappa shape index (κ3) is 3.96. The van der Waals surface area contributed by atoms with Gasteiger partial charge < -0.3 is 10.4 Å². The highest BCUT2D eigenvalue weighted by Gasteiger charge is 2.11. The molecule has 0 saturated carbocycles. The van der Waals surface area contributed by atoms with Gasteiger partial charge in [-0.1, -0.05) is 22.0 Å². The monoisotopic (exact) mass is 370 g/mol. The van der Waals surface area contributed by atoms with Crippen molar-refractivity contribution in [2.75, 3.05) is 12.4 Å². The van der Waals surface area contributed by atoms with Crippen molar-refractivity contribution < 1.29 is 13.5 Å². The van der Waals surface area contributed by atoms with Gasteiger partial charge in [-0.05, 0) is 43.4 Å². The van der Waals surface area contributed by atoms with Crippen LogP contribution in [0.2, 0.25) is 0 Å². The van der Waals surface area contributed by atoms with Gasteiger partial charge in [-0.25, -0.2) is 13.1 Å². The lowest BCUT2D eigenvalue weighted by Gasteiger charge is -2.10. The highest BCUT2D eigenvalue weighted by atomic mass is 79.9. The normalized spacial score (nSPS) is 11.3. The molecular weight excluding hydrogens is 356 g/mol. The summed E-state index contributed by atoms with van der Waals surface area (Å²) in [6, 6.07) is 11.6. The number of rotatable bonds is 5. The molecule has 0 unspecified atom stereocenters. The predicted molar refractivity (Wildman–Crippen MR) is 85.8 cm³/mol. The third-order valence-electron chi connectivity index (χ3n) is 2.94. The topological polar surface area (TPSA) is 78.4 Å². The summed E-state index contributed by atoms with van der Waals surface area (Å²) in [5.74, 6) is 0.185. The first kappa shape index (κ1) is 15.8. The van der Waals surface area contributed by atoms with Crippen LogP contribution >= 0.6 is 15.9 Å². The van der Waals surface area contributed by atoms with E-state index in [-0.39, 0.29) is 10.6 Å². The molecule has 112 valence electrons. The molecule has 0 fully saturated rings. The fraction of sp³-hybridized carbons (Fsp3) is 0.143. The fourth-order valence-corrected chi connectivity index (χ4v) is 2.97. The molecule has 21 heavy (non-hydrogen) atoms. The van der Waals surface area contributed by atoms with Crippen molar-refractivity contribution >= 4 is 31.6 Å². The van der Waals surface area contributed by atoms with Gasteiger partial charge in [-0.15, -0.1) is 0 Å². The molecule has 7 heteroatoms. The van der Waals surface area contributed by atoms with Crippen molar-refractivity contribution in [2.24, 2.45) is 0 Å². The Morgan fingerprint density at radius 1 is 1.19 bits per heavy atom. The van der Waals surface area contributed by atoms with E-state index in [2.05, 4.69) is 26.0 Å². The Hall–Kier alpha value is -1.57. The standard InChI is InChI=1S/C14H15BrN2O3S/c1-16-21(19,20)13-4-2-3-12(8-13)17-9-10-7-11(15)5-6-14(10)18/h2-8,16-18H,9H2,1H3. The number of sulfonamides is 1. The van der Waals surface area contributed by atoms with Crippen LogP contribution in [0.4, 0.5) is 5.69 Å². The minimum Gasteiger partial charge on any atom is -0.508 e. The van der Waals surface area contributed by atoms with Crippen molar-refractivity contribution in [3.8, 4) is 5.75 Å². The molecule has 5 nitrogen and oxygen atoms in total. The SMILES string of the molecule is CNS(=O)(=O)c1cccc(NCc2cc(Br)ccc2O)c1. The number of phenolic OH excluding ortho intramolecular Hbond substituents is 1. The number of hydrogen-bond donors (Lipinski definition) is 3. The molecule has 0 aliphatic carbocycles. The molecule has 0 radical (unpaired) electrons. The molecule has 0 atom stereocenters. The number of halogens is 1. The zero-order valence-corrected chi connectivity index (χ0v) is 13.7. The first-order chi connectivity index (χ1) is 9.92. The third-order valence-corrected chi connectivity index (χ3v) is 4.84. The maximum absolute atomic E-state index is 11.7. The molecule has 3 N–H and O–H groups in total. The van der Waals surface area contributed by atoms with E-state index in [1.54, 1.807) is 36.4 Å². The summed E-state index contributed by atoms with van der Waals surface area (Å²) in [6.45, 7) is 0.383. The molecule has 2 rings (SSSR count). The molecule has 0 bridgehead atoms. The van der Waals surface area contributed by atoms with E-state index in [0.717, 1.165) is 4.47 Å². The van der Waals surface area contributed by atoms with Gasteiger partial charge in [0.05, 0.1) is 4.90 Å². The van der Waals surface area contributed by atoms with Gasteiger partial charge >= 0.3 is 0 Å². The second-order valence-electron chi connectivity index (χ2n) is 4.36. The lowest BCUT2D eigenvalue weighted by atomic mass is 10.2. The molecule has 2 aromatic rings. The zero-order valence-electron chi connectivity index (χ0n) is 11.3. The number of benzene rings is 2. The molecule has 2 aromatic carbocycles. The summed E-state index contributed by atoms with van der Waals surface area (Å²) >= 11 is 3.34. The average Bonchev–Trinajstić information content (AvgIpc) is 2.48. The average molecular weight is 371 g/mol. The van der Waals surface area contributed by atoms with Gasteiger partial charge in [0.1, 0.15) is 5.75 Å². The molecular formula is C14H15BrN2O3S.